The van der Waals surface area contributed by atoms with Crippen LogP contribution in [-0.4, -0.2) is 23.4 Å². The summed E-state index contributed by atoms with van der Waals surface area (Å²) in [6.07, 6.45) is 6.84. The zero-order valence-corrected chi connectivity index (χ0v) is 13.1. The summed E-state index contributed by atoms with van der Waals surface area (Å²) in [7, 11) is 0. The van der Waals surface area contributed by atoms with Crippen LogP contribution in [0.25, 0.3) is 0 Å². The molecule has 1 aromatic carbocycles. The fourth-order valence-electron chi connectivity index (χ4n) is 2.82. The first-order valence-electron chi connectivity index (χ1n) is 6.84. The van der Waals surface area contributed by atoms with E-state index in [0.29, 0.717) is 0 Å². The maximum Gasteiger partial charge on any atom is 0.0351 e. The second kappa shape index (κ2) is 7.52. The van der Waals surface area contributed by atoms with Crippen molar-refractivity contribution in [2.24, 2.45) is 0 Å². The van der Waals surface area contributed by atoms with Gasteiger partial charge in [0.2, 0.25) is 0 Å². The van der Waals surface area contributed by atoms with Crippen molar-refractivity contribution < 1.29 is 0 Å². The molecule has 0 radical (unpaired) electrons. The van der Waals surface area contributed by atoms with Gasteiger partial charge in [0.1, 0.15) is 0 Å². The predicted octanol–water partition coefficient (Wildman–Crippen LogP) is 4.82. The third kappa shape index (κ3) is 4.25. The highest BCUT2D eigenvalue weighted by molar-refractivity contribution is 9.10. The van der Waals surface area contributed by atoms with Gasteiger partial charge in [-0.15, -0.1) is 11.6 Å². The first-order chi connectivity index (χ1) is 8.79. The molecule has 3 heteroatoms. The lowest BCUT2D eigenvalue weighted by Crippen LogP contribution is -2.37. The summed E-state index contributed by atoms with van der Waals surface area (Å²) in [5.74, 6) is 0.727. The molecule has 100 valence electrons. The Morgan fingerprint density at radius 1 is 1.22 bits per heavy atom. The summed E-state index contributed by atoms with van der Waals surface area (Å²) in [5.41, 5.74) is 1.38. The predicted molar refractivity (Wildman–Crippen MR) is 82.1 cm³/mol. The van der Waals surface area contributed by atoms with Crippen LogP contribution in [0.3, 0.4) is 0 Å². The molecule has 0 atom stereocenters. The molecule has 0 N–H and O–H groups in total. The molecule has 0 spiro atoms. The minimum Gasteiger partial charge on any atom is -0.295 e. The minimum absolute atomic E-state index is 0.727. The molecule has 1 fully saturated rings. The molecule has 1 nitrogen and oxygen atoms in total. The molecule has 1 aliphatic carbocycles. The number of rotatable bonds is 5. The number of benzene rings is 1. The highest BCUT2D eigenvalue weighted by atomic mass is 79.9. The van der Waals surface area contributed by atoms with Gasteiger partial charge >= 0.3 is 0 Å². The van der Waals surface area contributed by atoms with Crippen molar-refractivity contribution >= 4 is 27.5 Å². The highest BCUT2D eigenvalue weighted by Gasteiger charge is 2.20. The highest BCUT2D eigenvalue weighted by Crippen LogP contribution is 2.24. The number of alkyl halides is 1. The van der Waals surface area contributed by atoms with Crippen molar-refractivity contribution in [2.45, 2.75) is 44.7 Å². The zero-order chi connectivity index (χ0) is 12.8. The molecule has 0 bridgehead atoms. The Morgan fingerprint density at radius 2 is 2.00 bits per heavy atom. The van der Waals surface area contributed by atoms with E-state index in [4.69, 9.17) is 11.6 Å². The molecule has 0 aromatic heterocycles. The van der Waals surface area contributed by atoms with Gasteiger partial charge in [-0.3, -0.25) is 4.90 Å². The van der Waals surface area contributed by atoms with Crippen LogP contribution in [0, 0.1) is 0 Å². The fraction of sp³-hybridized carbons (Fsp3) is 0.600. The second-order valence-electron chi connectivity index (χ2n) is 5.08. The standard InChI is InChI=1S/C15H21BrClN/c16-14-6-4-5-13(11-14)12-18(10-9-17)15-7-2-1-3-8-15/h4-6,11,15H,1-3,7-10,12H2. The van der Waals surface area contributed by atoms with Crippen molar-refractivity contribution in [3.63, 3.8) is 0 Å². The Bertz CT molecular complexity index is 363. The SMILES string of the molecule is ClCCN(Cc1cccc(Br)c1)C1CCCCC1. The van der Waals surface area contributed by atoms with Gasteiger partial charge in [0.05, 0.1) is 0 Å². The molecule has 1 saturated carbocycles. The van der Waals surface area contributed by atoms with Gasteiger partial charge in [0, 0.05) is 29.5 Å². The lowest BCUT2D eigenvalue weighted by molar-refractivity contribution is 0.157. The van der Waals surface area contributed by atoms with Crippen LogP contribution >= 0.6 is 27.5 Å². The second-order valence-corrected chi connectivity index (χ2v) is 6.37. The van der Waals surface area contributed by atoms with E-state index >= 15 is 0 Å². The van der Waals surface area contributed by atoms with Gasteiger partial charge in [0.25, 0.3) is 0 Å². The summed E-state index contributed by atoms with van der Waals surface area (Å²) in [4.78, 5) is 2.56. The van der Waals surface area contributed by atoms with Gasteiger partial charge in [-0.05, 0) is 30.5 Å². The van der Waals surface area contributed by atoms with Crippen LogP contribution in [0.5, 0.6) is 0 Å². The number of halogens is 2. The third-order valence-electron chi connectivity index (χ3n) is 3.74. The maximum atomic E-state index is 5.96. The van der Waals surface area contributed by atoms with Crippen LogP contribution in [-0.2, 0) is 6.54 Å². The van der Waals surface area contributed by atoms with Gasteiger partial charge in [-0.2, -0.15) is 0 Å². The van der Waals surface area contributed by atoms with E-state index in [-0.39, 0.29) is 0 Å². The third-order valence-corrected chi connectivity index (χ3v) is 4.40. The van der Waals surface area contributed by atoms with Crippen molar-refractivity contribution in [1.29, 1.82) is 0 Å². The lowest BCUT2D eigenvalue weighted by atomic mass is 9.94. The Labute approximate surface area is 124 Å². The molecule has 0 saturated heterocycles. The van der Waals surface area contributed by atoms with Crippen molar-refractivity contribution in [3.8, 4) is 0 Å². The van der Waals surface area contributed by atoms with E-state index in [9.17, 15) is 0 Å². The number of hydrogen-bond donors (Lipinski definition) is 0. The molecule has 18 heavy (non-hydrogen) atoms. The normalized spacial score (nSPS) is 17.3. The smallest absolute Gasteiger partial charge is 0.0351 e. The van der Waals surface area contributed by atoms with E-state index < -0.39 is 0 Å². The van der Waals surface area contributed by atoms with Crippen molar-refractivity contribution in [2.75, 3.05) is 12.4 Å². The van der Waals surface area contributed by atoms with E-state index in [0.717, 1.165) is 29.5 Å². The fourth-order valence-corrected chi connectivity index (χ4v) is 3.48. The maximum absolute atomic E-state index is 5.96. The molecule has 0 amide bonds. The number of nitrogens with zero attached hydrogens (tertiary/aromatic N) is 1. The van der Waals surface area contributed by atoms with E-state index in [2.05, 4.69) is 45.1 Å². The summed E-state index contributed by atoms with van der Waals surface area (Å²) >= 11 is 9.50. The molecule has 1 aliphatic rings. The van der Waals surface area contributed by atoms with Crippen molar-refractivity contribution in [3.05, 3.63) is 34.3 Å². The molecule has 2 rings (SSSR count). The van der Waals surface area contributed by atoms with E-state index in [1.165, 1.54) is 37.7 Å². The summed E-state index contributed by atoms with van der Waals surface area (Å²) < 4.78 is 1.16. The summed E-state index contributed by atoms with van der Waals surface area (Å²) in [6, 6.07) is 9.34. The van der Waals surface area contributed by atoms with Crippen LogP contribution in [0.4, 0.5) is 0 Å². The Morgan fingerprint density at radius 3 is 2.67 bits per heavy atom. The Hall–Kier alpha value is -0.0500. The van der Waals surface area contributed by atoms with E-state index in [1.54, 1.807) is 0 Å². The zero-order valence-electron chi connectivity index (χ0n) is 10.7. The van der Waals surface area contributed by atoms with Crippen molar-refractivity contribution in [1.82, 2.24) is 4.90 Å². The van der Waals surface area contributed by atoms with Crippen LogP contribution in [0.15, 0.2) is 28.7 Å². The van der Waals surface area contributed by atoms with Gasteiger partial charge in [0.15, 0.2) is 0 Å². The summed E-state index contributed by atoms with van der Waals surface area (Å²) in [6.45, 7) is 2.02. The quantitative estimate of drug-likeness (QED) is 0.699. The van der Waals surface area contributed by atoms with Gasteiger partial charge in [-0.1, -0.05) is 47.3 Å². The Kier molecular flexibility index (Phi) is 6.00. The molecule has 0 heterocycles. The molecule has 0 unspecified atom stereocenters. The first kappa shape index (κ1) is 14.4. The first-order valence-corrected chi connectivity index (χ1v) is 8.17. The molecular weight excluding hydrogens is 310 g/mol. The monoisotopic (exact) mass is 329 g/mol. The lowest BCUT2D eigenvalue weighted by Gasteiger charge is -2.34. The van der Waals surface area contributed by atoms with Crippen LogP contribution < -0.4 is 0 Å². The Balaban J connectivity index is 2.00. The molecule has 1 aromatic rings. The largest absolute Gasteiger partial charge is 0.295 e. The topological polar surface area (TPSA) is 3.24 Å². The van der Waals surface area contributed by atoms with Crippen LogP contribution in [0.2, 0.25) is 0 Å². The number of hydrogen-bond acceptors (Lipinski definition) is 1. The van der Waals surface area contributed by atoms with Crippen LogP contribution in [0.1, 0.15) is 37.7 Å². The van der Waals surface area contributed by atoms with Gasteiger partial charge in [-0.25, -0.2) is 0 Å². The van der Waals surface area contributed by atoms with Gasteiger partial charge < -0.3 is 0 Å². The molecule has 0 aliphatic heterocycles. The average Bonchev–Trinajstić information content (AvgIpc) is 2.39. The van der Waals surface area contributed by atoms with E-state index in [1.807, 2.05) is 0 Å². The average molecular weight is 331 g/mol. The molecular formula is C15H21BrClN. The summed E-state index contributed by atoms with van der Waals surface area (Å²) in [5, 5.41) is 0. The minimum atomic E-state index is 0.727.